The van der Waals surface area contributed by atoms with E-state index in [0.29, 0.717) is 127 Å². The first-order chi connectivity index (χ1) is 60.2. The van der Waals surface area contributed by atoms with E-state index in [0.717, 1.165) is 33.4 Å². The third-order valence-corrected chi connectivity index (χ3v) is 26.0. The van der Waals surface area contributed by atoms with E-state index < -0.39 is 125 Å². The minimum absolute atomic E-state index is 0.0229. The number of fused-ring (bicyclic) bond motifs is 6. The highest BCUT2D eigenvalue weighted by Crippen LogP contribution is 2.40. The lowest BCUT2D eigenvalue weighted by molar-refractivity contribution is -0.135. The summed E-state index contributed by atoms with van der Waals surface area (Å²) in [6, 6.07) is 23.0. The molecule has 2 saturated carbocycles. The molecule has 5 unspecified atom stereocenters. The van der Waals surface area contributed by atoms with Crippen molar-refractivity contribution in [2.45, 2.75) is 283 Å². The smallest absolute Gasteiger partial charge is 0.250 e. The maximum atomic E-state index is 14.9. The van der Waals surface area contributed by atoms with Gasteiger partial charge in [-0.2, -0.15) is 0 Å². The van der Waals surface area contributed by atoms with Crippen LogP contribution in [-0.2, 0) is 75.4 Å². The minimum atomic E-state index is -2.82. The Bertz CT molecular complexity index is 4510. The number of ether oxygens (including phenoxy) is 3. The summed E-state index contributed by atoms with van der Waals surface area (Å²) in [7, 11) is 0. The molecule has 25 nitrogen and oxygen atoms in total. The number of benzene rings is 5. The van der Waals surface area contributed by atoms with Crippen molar-refractivity contribution < 1.29 is 88.8 Å². The first-order valence-corrected chi connectivity index (χ1v) is 45.3. The molecule has 5 fully saturated rings. The number of aryl methyl sites for hydroxylation is 3. The number of hydrogen-bond donors (Lipinski definition) is 10. The number of alkyl halides is 4. The van der Waals surface area contributed by atoms with Crippen LogP contribution in [0.15, 0.2) is 109 Å². The number of hydrogen-bond acceptors (Lipinski definition) is 16. The Morgan fingerprint density at radius 2 is 0.936 bits per heavy atom. The summed E-state index contributed by atoms with van der Waals surface area (Å²) in [5, 5.41) is 38.1. The average Bonchev–Trinajstić information content (AvgIpc) is 1.60. The highest BCUT2D eigenvalue weighted by Gasteiger charge is 2.42. The largest absolute Gasteiger partial charge is 0.494 e. The lowest BCUT2D eigenvalue weighted by atomic mass is 9.94. The SMILES string of the molecule is O=C1CCc2cc(cc(C3CCC(NC(=O)[C@@H]4CCCCOc5cccc(c5)C[C@H](N5CCCC5O)C(=O)N[C@@H](CCN5CCC(F)(F)CC5)C(=O)N4)C3)c2)OCCCC[C@@H](C(=O)NC2CCC(c3cc4cc(c3)OCCCC[C@H](C(=O)NCc3ccccc3F)NC(=O)[C@H](CCc3ccc(F)cc3)NC(=O)CC4)C2)NC(=O)[C@H](CCN2CCC(F)(F)CC2)N1. The van der Waals surface area contributed by atoms with Crippen LogP contribution < -0.4 is 62.1 Å². The Morgan fingerprint density at radius 3 is 1.44 bits per heavy atom. The van der Waals surface area contributed by atoms with E-state index in [1.165, 1.54) is 18.2 Å². The molecular formula is C94H122F6N12O13. The standard InChI is InChI=1S/C94H122F6N12O13/c95-69-26-19-60(20-27-69)21-30-79-89(119)106-76(86(116)101-59-66-12-1-2-14-75(66)96)15-3-7-47-124-73-52-62(22-31-83(113)104-79)49-67(57-73)64-24-28-70(55-64)102-87(117)77-17-5-8-48-125-74-53-63(23-32-84(114)105-80(90(120)107-77)33-40-110-42-35-93(97,98)36-43-110)50-68(58-74)65-25-29-71(56-65)103-88(118)78-16-4-6-46-123-72-13-9-11-61(51-72)54-82(112-39-10-18-85(112)115)92(122)109-81(91(121)108-78)34-41-111-44-37-94(99,100)38-45-111/h1-2,9,11-14,19-20,26-27,49-53,57-58,64-65,70-71,76-82,85,115H,3-8,10,15-18,21-25,28-48,54-56,59H2,(H,101,116)(H,102,117)(H,103,118)(H,104,113)(H,105,114)(H,106,119)(H,107,120)(H,108,121)(H,109,122)/t64?,65?,70?,71?,76-,77+,78+,79+,80+,81+,82+,85?/m1/s1. The zero-order valence-corrected chi connectivity index (χ0v) is 71.3. The molecule has 6 aliphatic heterocycles. The van der Waals surface area contributed by atoms with Crippen molar-refractivity contribution in [1.82, 2.24) is 62.6 Å². The quantitative estimate of drug-likeness (QED) is 0.0344. The maximum absolute atomic E-state index is 14.9. The molecule has 678 valence electrons. The fourth-order valence-electron chi connectivity index (χ4n) is 18.6. The Labute approximate surface area is 727 Å². The molecule has 125 heavy (non-hydrogen) atoms. The molecule has 12 atom stereocenters. The van der Waals surface area contributed by atoms with E-state index >= 15 is 0 Å². The van der Waals surface area contributed by atoms with Gasteiger partial charge in [-0.25, -0.2) is 26.3 Å². The predicted molar refractivity (Wildman–Crippen MR) is 456 cm³/mol. The first kappa shape index (κ1) is 92.8. The van der Waals surface area contributed by atoms with Crippen LogP contribution in [0.4, 0.5) is 26.3 Å². The van der Waals surface area contributed by atoms with Crippen LogP contribution in [0.1, 0.15) is 218 Å². The number of piperidine rings is 2. The van der Waals surface area contributed by atoms with E-state index in [9.17, 15) is 74.6 Å². The molecule has 31 heteroatoms. The zero-order chi connectivity index (χ0) is 88.0. The number of rotatable bonds is 19. The van der Waals surface area contributed by atoms with E-state index in [-0.39, 0.29) is 185 Å². The molecule has 10 N–H and O–H groups in total. The van der Waals surface area contributed by atoms with Gasteiger partial charge < -0.3 is 77.0 Å². The van der Waals surface area contributed by atoms with Crippen LogP contribution in [0.2, 0.25) is 0 Å². The number of nitrogens with zero attached hydrogens (tertiary/aromatic N) is 3. The zero-order valence-electron chi connectivity index (χ0n) is 71.3. The lowest BCUT2D eigenvalue weighted by Crippen LogP contribution is -2.58. The number of nitrogens with one attached hydrogen (secondary N) is 9. The van der Waals surface area contributed by atoms with Crippen molar-refractivity contribution in [3.05, 3.63) is 160 Å². The van der Waals surface area contributed by atoms with Crippen molar-refractivity contribution in [3.8, 4) is 17.2 Å². The molecule has 6 heterocycles. The van der Waals surface area contributed by atoms with Crippen LogP contribution in [0.25, 0.3) is 0 Å². The Balaban J connectivity index is 0.663. The van der Waals surface area contributed by atoms with E-state index in [2.05, 4.69) is 47.9 Å². The van der Waals surface area contributed by atoms with E-state index in [1.54, 1.807) is 35.2 Å². The van der Waals surface area contributed by atoms with Crippen LogP contribution in [-0.4, -0.2) is 211 Å². The average molecular weight is 1740 g/mol. The molecule has 2 aliphatic carbocycles. The van der Waals surface area contributed by atoms with Crippen molar-refractivity contribution in [1.29, 1.82) is 0 Å². The summed E-state index contributed by atoms with van der Waals surface area (Å²) < 4.78 is 105. The highest BCUT2D eigenvalue weighted by atomic mass is 19.3. The van der Waals surface area contributed by atoms with Crippen LogP contribution in [0.5, 0.6) is 17.2 Å². The Morgan fingerprint density at radius 1 is 0.456 bits per heavy atom. The van der Waals surface area contributed by atoms with Crippen molar-refractivity contribution in [2.75, 3.05) is 65.6 Å². The van der Waals surface area contributed by atoms with Gasteiger partial charge in [0.25, 0.3) is 11.8 Å². The molecule has 0 radical (unpaired) electrons. The van der Waals surface area contributed by atoms with Gasteiger partial charge in [0, 0.05) is 109 Å². The maximum Gasteiger partial charge on any atom is 0.250 e. The monoisotopic (exact) mass is 1740 g/mol. The second-order valence-electron chi connectivity index (χ2n) is 35.4. The van der Waals surface area contributed by atoms with Crippen molar-refractivity contribution >= 4 is 53.2 Å². The van der Waals surface area contributed by atoms with Crippen molar-refractivity contribution in [3.63, 3.8) is 0 Å². The van der Waals surface area contributed by atoms with Gasteiger partial charge in [-0.05, 0) is 254 Å². The Kier molecular flexibility index (Phi) is 33.1. The summed E-state index contributed by atoms with van der Waals surface area (Å²) in [4.78, 5) is 136. The molecule has 9 amide bonds. The van der Waals surface area contributed by atoms with Crippen LogP contribution in [0.3, 0.4) is 0 Å². The molecule has 3 saturated heterocycles. The second kappa shape index (κ2) is 44.5. The molecule has 13 rings (SSSR count). The van der Waals surface area contributed by atoms with Gasteiger partial charge in [0.2, 0.25) is 53.2 Å². The van der Waals surface area contributed by atoms with Gasteiger partial charge in [0.1, 0.15) is 71.4 Å². The number of halogens is 6. The predicted octanol–water partition coefficient (Wildman–Crippen LogP) is 9.85. The lowest BCUT2D eigenvalue weighted by Gasteiger charge is -2.34. The summed E-state index contributed by atoms with van der Waals surface area (Å²) >= 11 is 0. The van der Waals surface area contributed by atoms with Crippen LogP contribution in [0, 0.1) is 11.6 Å². The minimum Gasteiger partial charge on any atom is -0.494 e. The van der Waals surface area contributed by atoms with E-state index in [1.807, 2.05) is 70.5 Å². The summed E-state index contributed by atoms with van der Waals surface area (Å²) in [5.74, 6) is -9.46. The molecule has 6 bridgehead atoms. The molecule has 0 aromatic heterocycles. The first-order valence-electron chi connectivity index (χ1n) is 45.3. The highest BCUT2D eigenvalue weighted by molar-refractivity contribution is 5.95. The number of aliphatic hydroxyl groups excluding tert-OH is 1. The molecule has 0 spiro atoms. The van der Waals surface area contributed by atoms with Gasteiger partial charge in [0.05, 0.1) is 25.9 Å². The van der Waals surface area contributed by atoms with Crippen molar-refractivity contribution in [2.24, 2.45) is 0 Å². The summed E-state index contributed by atoms with van der Waals surface area (Å²) in [6.45, 7) is 1.99. The molecule has 5 aromatic carbocycles. The van der Waals surface area contributed by atoms with Gasteiger partial charge in [-0.3, -0.25) is 48.1 Å². The summed E-state index contributed by atoms with van der Waals surface area (Å²) in [6.07, 6.45) is 7.11. The fourth-order valence-corrected chi connectivity index (χ4v) is 18.6. The number of carbonyl (C=O) groups is 9. The number of aliphatic hydroxyl groups is 1. The number of carbonyl (C=O) groups excluding carboxylic acids is 9. The fraction of sp³-hybridized carbons (Fsp3) is 0.585. The Hall–Kier alpha value is -9.85. The normalized spacial score (nSPS) is 27.1. The second-order valence-corrected chi connectivity index (χ2v) is 35.4. The van der Waals surface area contributed by atoms with Gasteiger partial charge in [-0.1, -0.05) is 54.6 Å². The third kappa shape index (κ3) is 27.8. The van der Waals surface area contributed by atoms with Gasteiger partial charge >= 0.3 is 0 Å². The van der Waals surface area contributed by atoms with Crippen LogP contribution >= 0.6 is 0 Å². The van der Waals surface area contributed by atoms with Gasteiger partial charge in [0.15, 0.2) is 0 Å². The topological polar surface area (TPSA) is 320 Å². The third-order valence-electron chi connectivity index (χ3n) is 26.0. The van der Waals surface area contributed by atoms with Gasteiger partial charge in [-0.15, -0.1) is 0 Å². The van der Waals surface area contributed by atoms with E-state index in [4.69, 9.17) is 14.2 Å². The molecule has 8 aliphatic rings. The molecule has 5 aromatic rings. The summed E-state index contributed by atoms with van der Waals surface area (Å²) in [5.41, 5.74) is 5.24. The molecular weight excluding hydrogens is 1620 g/mol. The number of amides is 9. The number of likely N-dealkylation sites (tertiary alicyclic amines) is 3.